The molecule has 2 N–H and O–H groups in total. The van der Waals surface area contributed by atoms with Crippen LogP contribution in [0.2, 0.25) is 0 Å². The topological polar surface area (TPSA) is 81.2 Å². The molecule has 0 amide bonds. The molecule has 196 valence electrons. The number of hydrogen-bond donors (Lipinski definition) is 2. The molecule has 11 heteroatoms. The Morgan fingerprint density at radius 1 is 1.03 bits per heavy atom. The van der Waals surface area contributed by atoms with Gasteiger partial charge in [0, 0.05) is 34.7 Å². The van der Waals surface area contributed by atoms with Gasteiger partial charge in [0.15, 0.2) is 5.13 Å². The maximum Gasteiger partial charge on any atom is 0.188 e. The first-order valence-corrected chi connectivity index (χ1v) is 13.2. The van der Waals surface area contributed by atoms with Crippen LogP contribution in [0.3, 0.4) is 0 Å². The lowest BCUT2D eigenvalue weighted by atomic mass is 9.96. The highest BCUT2D eigenvalue weighted by Crippen LogP contribution is 2.43. The van der Waals surface area contributed by atoms with Gasteiger partial charge in [-0.15, -0.1) is 36.2 Å². The summed E-state index contributed by atoms with van der Waals surface area (Å²) in [7, 11) is 1.67. The van der Waals surface area contributed by atoms with Crippen LogP contribution in [0.25, 0.3) is 0 Å². The highest BCUT2D eigenvalue weighted by Gasteiger charge is 2.20. The molecular formula is C26H29Cl2N5O2S2. The lowest BCUT2D eigenvalue weighted by Crippen LogP contribution is -2.26. The van der Waals surface area contributed by atoms with Crippen molar-refractivity contribution in [3.05, 3.63) is 71.6 Å². The zero-order valence-electron chi connectivity index (χ0n) is 20.5. The van der Waals surface area contributed by atoms with Crippen LogP contribution in [0.15, 0.2) is 70.0 Å². The lowest BCUT2D eigenvalue weighted by molar-refractivity contribution is 0.413. The van der Waals surface area contributed by atoms with E-state index in [0.29, 0.717) is 23.2 Å². The van der Waals surface area contributed by atoms with Crippen LogP contribution in [0.4, 0.5) is 10.9 Å². The van der Waals surface area contributed by atoms with E-state index in [1.807, 2.05) is 49.4 Å². The molecule has 0 aliphatic carbocycles. The van der Waals surface area contributed by atoms with E-state index in [9.17, 15) is 0 Å². The number of pyridine rings is 2. The molecule has 0 unspecified atom stereocenters. The van der Waals surface area contributed by atoms with Crippen LogP contribution in [-0.4, -0.2) is 35.2 Å². The van der Waals surface area contributed by atoms with E-state index < -0.39 is 0 Å². The van der Waals surface area contributed by atoms with E-state index in [0.717, 1.165) is 58.0 Å². The third kappa shape index (κ3) is 7.27. The zero-order valence-corrected chi connectivity index (χ0v) is 23.7. The highest BCUT2D eigenvalue weighted by atomic mass is 35.5. The summed E-state index contributed by atoms with van der Waals surface area (Å²) >= 11 is 3.18. The van der Waals surface area contributed by atoms with Gasteiger partial charge in [0.25, 0.3) is 0 Å². The first kappa shape index (κ1) is 29.0. The Morgan fingerprint density at radius 2 is 1.86 bits per heavy atom. The Morgan fingerprint density at radius 3 is 2.65 bits per heavy atom. The van der Waals surface area contributed by atoms with Gasteiger partial charge in [0.05, 0.1) is 23.4 Å². The van der Waals surface area contributed by atoms with Crippen LogP contribution in [-0.2, 0) is 0 Å². The van der Waals surface area contributed by atoms with Crippen molar-refractivity contribution < 1.29 is 9.47 Å². The van der Waals surface area contributed by atoms with Crippen molar-refractivity contribution in [2.75, 3.05) is 25.5 Å². The minimum absolute atomic E-state index is 0. The zero-order chi connectivity index (χ0) is 24.0. The van der Waals surface area contributed by atoms with Crippen molar-refractivity contribution in [2.45, 2.75) is 35.5 Å². The fourth-order valence-corrected chi connectivity index (χ4v) is 5.69. The number of aryl methyl sites for hydroxylation is 1. The third-order valence-corrected chi connectivity index (χ3v) is 7.68. The second kappa shape index (κ2) is 13.8. The molecule has 3 aromatic heterocycles. The number of halogens is 2. The maximum absolute atomic E-state index is 6.33. The van der Waals surface area contributed by atoms with E-state index in [2.05, 4.69) is 26.0 Å². The van der Waals surface area contributed by atoms with Crippen LogP contribution >= 0.6 is 47.9 Å². The van der Waals surface area contributed by atoms with Crippen molar-refractivity contribution in [3.8, 4) is 17.2 Å². The van der Waals surface area contributed by atoms with Gasteiger partial charge in [0.1, 0.15) is 23.1 Å². The number of hydrogen-bond acceptors (Lipinski definition) is 9. The van der Waals surface area contributed by atoms with Gasteiger partial charge in [-0.2, -0.15) is 0 Å². The Kier molecular flexibility index (Phi) is 10.8. The Labute approximate surface area is 237 Å². The van der Waals surface area contributed by atoms with Gasteiger partial charge >= 0.3 is 0 Å². The molecule has 0 bridgehead atoms. The predicted molar refractivity (Wildman–Crippen MR) is 155 cm³/mol. The van der Waals surface area contributed by atoms with Crippen LogP contribution in [0, 0.1) is 6.92 Å². The molecular weight excluding hydrogens is 549 g/mol. The SMILES string of the molecule is COc1cccc(Sc2c(Oc3cccnc3C)ccnc2Nc2nc(C3CCNCC3)cs2)c1.Cl.Cl. The van der Waals surface area contributed by atoms with E-state index in [1.54, 1.807) is 42.6 Å². The van der Waals surface area contributed by atoms with Crippen molar-refractivity contribution in [3.63, 3.8) is 0 Å². The summed E-state index contributed by atoms with van der Waals surface area (Å²) in [4.78, 5) is 15.8. The predicted octanol–water partition coefficient (Wildman–Crippen LogP) is 7.25. The summed E-state index contributed by atoms with van der Waals surface area (Å²) in [6, 6.07) is 13.6. The van der Waals surface area contributed by atoms with Crippen molar-refractivity contribution in [1.82, 2.24) is 20.3 Å². The van der Waals surface area contributed by atoms with Crippen LogP contribution < -0.4 is 20.1 Å². The number of aromatic nitrogens is 3. The normalized spacial score (nSPS) is 13.2. The number of methoxy groups -OCH3 is 1. The Bertz CT molecular complexity index is 1300. The molecule has 1 fully saturated rings. The number of piperidine rings is 1. The molecule has 0 saturated carbocycles. The molecule has 0 spiro atoms. The van der Waals surface area contributed by atoms with Crippen LogP contribution in [0.5, 0.6) is 17.2 Å². The Balaban J connectivity index is 0.00000190. The highest BCUT2D eigenvalue weighted by molar-refractivity contribution is 7.99. The van der Waals surface area contributed by atoms with Gasteiger partial charge in [-0.1, -0.05) is 17.8 Å². The second-order valence-electron chi connectivity index (χ2n) is 8.18. The quantitative estimate of drug-likeness (QED) is 0.226. The van der Waals surface area contributed by atoms with Gasteiger partial charge in [-0.3, -0.25) is 4.98 Å². The summed E-state index contributed by atoms with van der Waals surface area (Å²) < 4.78 is 11.8. The van der Waals surface area contributed by atoms with E-state index >= 15 is 0 Å². The molecule has 0 radical (unpaired) electrons. The molecule has 4 heterocycles. The fourth-order valence-electron chi connectivity index (χ4n) is 3.93. The summed E-state index contributed by atoms with van der Waals surface area (Å²) in [6.07, 6.45) is 5.74. The number of nitrogens with one attached hydrogen (secondary N) is 2. The lowest BCUT2D eigenvalue weighted by Gasteiger charge is -2.20. The molecule has 1 aromatic carbocycles. The van der Waals surface area contributed by atoms with Gasteiger partial charge in [0.2, 0.25) is 0 Å². The molecule has 1 saturated heterocycles. The standard InChI is InChI=1S/C26H27N5O2S2.2ClH/c1-17-22(7-4-11-28-17)33-23-10-14-29-25(24(23)35-20-6-3-5-19(15-20)32-2)31-26-30-21(16-34-26)18-8-12-27-13-9-18;;/h3-7,10-11,14-16,18,27H,8-9,12-13H2,1-2H3,(H,29,30,31);2*1H. The van der Waals surface area contributed by atoms with Gasteiger partial charge in [-0.05, 0) is 63.2 Å². The minimum Gasteiger partial charge on any atom is -0.497 e. The minimum atomic E-state index is 0. The molecule has 1 aliphatic heterocycles. The van der Waals surface area contributed by atoms with Crippen molar-refractivity contribution in [2.24, 2.45) is 0 Å². The first-order valence-electron chi connectivity index (χ1n) is 11.5. The second-order valence-corrected chi connectivity index (χ2v) is 10.1. The Hall–Kier alpha value is -2.56. The number of benzene rings is 1. The summed E-state index contributed by atoms with van der Waals surface area (Å²) in [5, 5.41) is 9.86. The van der Waals surface area contributed by atoms with Crippen molar-refractivity contribution in [1.29, 1.82) is 0 Å². The molecule has 5 rings (SSSR count). The maximum atomic E-state index is 6.33. The molecule has 1 aliphatic rings. The molecule has 37 heavy (non-hydrogen) atoms. The van der Waals surface area contributed by atoms with Crippen molar-refractivity contribution >= 4 is 58.9 Å². The smallest absolute Gasteiger partial charge is 0.188 e. The number of thiazole rings is 1. The molecule has 4 aromatic rings. The van der Waals surface area contributed by atoms with E-state index in [-0.39, 0.29) is 24.8 Å². The van der Waals surface area contributed by atoms with Crippen LogP contribution in [0.1, 0.15) is 30.1 Å². The monoisotopic (exact) mass is 577 g/mol. The summed E-state index contributed by atoms with van der Waals surface area (Å²) in [5.41, 5.74) is 1.97. The average Bonchev–Trinajstić information content (AvgIpc) is 3.36. The summed E-state index contributed by atoms with van der Waals surface area (Å²) in [5.74, 6) is 3.40. The summed E-state index contributed by atoms with van der Waals surface area (Å²) in [6.45, 7) is 4.02. The number of ether oxygens (including phenoxy) is 2. The first-order chi connectivity index (χ1) is 17.2. The van der Waals surface area contributed by atoms with E-state index in [1.165, 1.54) is 0 Å². The number of nitrogens with zero attached hydrogens (tertiary/aromatic N) is 3. The van der Waals surface area contributed by atoms with Gasteiger partial charge in [-0.25, -0.2) is 9.97 Å². The van der Waals surface area contributed by atoms with Gasteiger partial charge < -0.3 is 20.1 Å². The molecule has 7 nitrogen and oxygen atoms in total. The number of rotatable bonds is 8. The largest absolute Gasteiger partial charge is 0.497 e. The fraction of sp³-hybridized carbons (Fsp3) is 0.269. The van der Waals surface area contributed by atoms with E-state index in [4.69, 9.17) is 14.5 Å². The number of anilines is 2. The third-order valence-electron chi connectivity index (χ3n) is 5.81. The molecule has 0 atom stereocenters. The average molecular weight is 579 g/mol.